The third kappa shape index (κ3) is 3.11. The minimum absolute atomic E-state index is 0.204. The van der Waals surface area contributed by atoms with Crippen LogP contribution in [0.1, 0.15) is 24.2 Å². The zero-order chi connectivity index (χ0) is 10.4. The Kier molecular flexibility index (Phi) is 4.51. The lowest BCUT2D eigenvalue weighted by Crippen LogP contribution is -2.11. The molecular weight excluding hydrogens is 173 g/mol. The van der Waals surface area contributed by atoms with Crippen molar-refractivity contribution in [2.75, 3.05) is 0 Å². The van der Waals surface area contributed by atoms with Gasteiger partial charge in [0.15, 0.2) is 0 Å². The molecule has 0 heterocycles. The third-order valence-corrected chi connectivity index (χ3v) is 1.22. The van der Waals surface area contributed by atoms with Crippen molar-refractivity contribution in [2.24, 2.45) is 5.73 Å². The zero-order valence-corrected chi connectivity index (χ0v) is 7.54. The maximum absolute atomic E-state index is 12.4. The molecule has 0 atom stereocenters. The number of phenols is 1. The van der Waals surface area contributed by atoms with Crippen LogP contribution in [0.25, 0.3) is 0 Å². The average Bonchev–Trinajstić information content (AvgIpc) is 2.12. The van der Waals surface area contributed by atoms with Gasteiger partial charge in [-0.25, -0.2) is 4.39 Å². The maximum atomic E-state index is 12.4. The van der Waals surface area contributed by atoms with Gasteiger partial charge in [0.1, 0.15) is 11.6 Å². The van der Waals surface area contributed by atoms with Crippen molar-refractivity contribution in [2.45, 2.75) is 13.8 Å². The Balaban J connectivity index is 0.000000671. The molecular formula is C9H12FNO2. The maximum Gasteiger partial charge on any atom is 0.252 e. The molecule has 0 aliphatic heterocycles. The molecule has 0 bridgehead atoms. The number of amides is 1. The fourth-order valence-corrected chi connectivity index (χ4v) is 0.706. The Morgan fingerprint density at radius 3 is 2.38 bits per heavy atom. The van der Waals surface area contributed by atoms with Crippen molar-refractivity contribution in [3.05, 3.63) is 29.6 Å². The molecule has 1 rings (SSSR count). The summed E-state index contributed by atoms with van der Waals surface area (Å²) < 4.78 is 12.4. The number of halogens is 1. The zero-order valence-electron chi connectivity index (χ0n) is 7.54. The Labute approximate surface area is 76.0 Å². The Morgan fingerprint density at radius 1 is 1.46 bits per heavy atom. The van der Waals surface area contributed by atoms with Crippen LogP contribution < -0.4 is 5.73 Å². The molecule has 3 N–H and O–H groups in total. The Bertz CT molecular complexity index is 300. The van der Waals surface area contributed by atoms with Crippen molar-refractivity contribution >= 4 is 5.91 Å². The number of primary amides is 1. The van der Waals surface area contributed by atoms with Gasteiger partial charge in [-0.05, 0) is 18.2 Å². The largest absolute Gasteiger partial charge is 0.507 e. The highest BCUT2D eigenvalue weighted by atomic mass is 19.1. The van der Waals surface area contributed by atoms with E-state index in [0.717, 1.165) is 18.2 Å². The first-order valence-corrected chi connectivity index (χ1v) is 3.89. The smallest absolute Gasteiger partial charge is 0.252 e. The molecule has 0 fully saturated rings. The highest BCUT2D eigenvalue weighted by molar-refractivity contribution is 5.95. The molecule has 13 heavy (non-hydrogen) atoms. The van der Waals surface area contributed by atoms with Crippen molar-refractivity contribution in [3.63, 3.8) is 0 Å². The van der Waals surface area contributed by atoms with Gasteiger partial charge >= 0.3 is 0 Å². The number of aromatic hydroxyl groups is 1. The van der Waals surface area contributed by atoms with Crippen molar-refractivity contribution in [3.8, 4) is 5.75 Å². The van der Waals surface area contributed by atoms with Gasteiger partial charge < -0.3 is 10.8 Å². The van der Waals surface area contributed by atoms with Crippen molar-refractivity contribution < 1.29 is 14.3 Å². The predicted molar refractivity (Wildman–Crippen MR) is 47.9 cm³/mol. The standard InChI is InChI=1S/C7H6FNO2.C2H6/c8-4-1-2-6(10)5(3-4)7(9)11;1-2/h1-3,10H,(H2,9,11);1-2H3. The van der Waals surface area contributed by atoms with Crippen LogP contribution in [-0.4, -0.2) is 11.0 Å². The first kappa shape index (κ1) is 11.4. The van der Waals surface area contributed by atoms with E-state index >= 15 is 0 Å². The Hall–Kier alpha value is -1.58. The normalized spacial score (nSPS) is 8.54. The quantitative estimate of drug-likeness (QED) is 0.698. The highest BCUT2D eigenvalue weighted by Crippen LogP contribution is 2.16. The molecule has 72 valence electrons. The first-order valence-electron chi connectivity index (χ1n) is 3.89. The van der Waals surface area contributed by atoms with E-state index < -0.39 is 11.7 Å². The van der Waals surface area contributed by atoms with Gasteiger partial charge in [0.05, 0.1) is 5.56 Å². The molecule has 0 spiro atoms. The van der Waals surface area contributed by atoms with E-state index in [9.17, 15) is 9.18 Å². The van der Waals surface area contributed by atoms with Crippen LogP contribution in [0, 0.1) is 5.82 Å². The van der Waals surface area contributed by atoms with Crippen LogP contribution in [0.15, 0.2) is 18.2 Å². The van der Waals surface area contributed by atoms with Gasteiger partial charge in [0.25, 0.3) is 5.91 Å². The minimum atomic E-state index is -0.845. The van der Waals surface area contributed by atoms with Crippen LogP contribution >= 0.6 is 0 Å². The molecule has 0 saturated heterocycles. The molecule has 0 aromatic heterocycles. The number of nitrogens with two attached hydrogens (primary N) is 1. The van der Waals surface area contributed by atoms with Crippen molar-refractivity contribution in [1.82, 2.24) is 0 Å². The van der Waals surface area contributed by atoms with E-state index in [4.69, 9.17) is 10.8 Å². The number of benzene rings is 1. The summed E-state index contributed by atoms with van der Waals surface area (Å²) in [5.41, 5.74) is 4.61. The monoisotopic (exact) mass is 185 g/mol. The van der Waals surface area contributed by atoms with E-state index in [2.05, 4.69) is 0 Å². The lowest BCUT2D eigenvalue weighted by Gasteiger charge is -1.98. The number of carbonyl (C=O) groups excluding carboxylic acids is 1. The van der Waals surface area contributed by atoms with Gasteiger partial charge in [0, 0.05) is 0 Å². The number of rotatable bonds is 1. The topological polar surface area (TPSA) is 63.3 Å². The summed E-state index contributed by atoms with van der Waals surface area (Å²) >= 11 is 0. The molecule has 0 saturated carbocycles. The summed E-state index contributed by atoms with van der Waals surface area (Å²) in [6, 6.07) is 3.01. The van der Waals surface area contributed by atoms with Gasteiger partial charge in [-0.1, -0.05) is 13.8 Å². The van der Waals surface area contributed by atoms with Crippen molar-refractivity contribution in [1.29, 1.82) is 0 Å². The molecule has 0 unspecified atom stereocenters. The van der Waals surface area contributed by atoms with E-state index in [-0.39, 0.29) is 11.3 Å². The molecule has 0 radical (unpaired) electrons. The van der Waals surface area contributed by atoms with Gasteiger partial charge in [0.2, 0.25) is 0 Å². The second kappa shape index (κ2) is 5.13. The second-order valence-electron chi connectivity index (χ2n) is 2.03. The lowest BCUT2D eigenvalue weighted by atomic mass is 10.2. The van der Waals surface area contributed by atoms with Crippen LogP contribution in [0.5, 0.6) is 5.75 Å². The average molecular weight is 185 g/mol. The summed E-state index contributed by atoms with van der Waals surface area (Å²) in [5, 5.41) is 8.94. The molecule has 0 aliphatic rings. The fourth-order valence-electron chi connectivity index (χ4n) is 0.706. The van der Waals surface area contributed by atoms with Crippen LogP contribution in [0.3, 0.4) is 0 Å². The van der Waals surface area contributed by atoms with E-state index in [1.165, 1.54) is 0 Å². The molecule has 1 aromatic carbocycles. The summed E-state index contributed by atoms with van der Waals surface area (Å²) in [4.78, 5) is 10.5. The summed E-state index contributed by atoms with van der Waals surface area (Å²) in [7, 11) is 0. The molecule has 1 aromatic rings. The van der Waals surface area contributed by atoms with Crippen LogP contribution in [0.2, 0.25) is 0 Å². The van der Waals surface area contributed by atoms with E-state index in [0.29, 0.717) is 0 Å². The molecule has 4 heteroatoms. The van der Waals surface area contributed by atoms with E-state index in [1.807, 2.05) is 13.8 Å². The number of hydrogen-bond donors (Lipinski definition) is 2. The molecule has 0 aliphatic carbocycles. The number of carbonyl (C=O) groups is 1. The van der Waals surface area contributed by atoms with Crippen LogP contribution in [0.4, 0.5) is 4.39 Å². The van der Waals surface area contributed by atoms with Gasteiger partial charge in [-0.15, -0.1) is 0 Å². The summed E-state index contributed by atoms with van der Waals surface area (Å²) in [6.07, 6.45) is 0. The SMILES string of the molecule is CC.NC(=O)c1cc(F)ccc1O. The lowest BCUT2D eigenvalue weighted by molar-refractivity contribution is 0.0997. The van der Waals surface area contributed by atoms with Gasteiger partial charge in [-0.3, -0.25) is 4.79 Å². The number of hydrogen-bond acceptors (Lipinski definition) is 2. The second-order valence-corrected chi connectivity index (χ2v) is 2.03. The van der Waals surface area contributed by atoms with E-state index in [1.54, 1.807) is 0 Å². The first-order chi connectivity index (χ1) is 6.11. The molecule has 1 amide bonds. The van der Waals surface area contributed by atoms with Crippen LogP contribution in [-0.2, 0) is 0 Å². The molecule has 3 nitrogen and oxygen atoms in total. The summed E-state index contributed by atoms with van der Waals surface area (Å²) in [5.74, 6) is -1.75. The predicted octanol–water partition coefficient (Wildman–Crippen LogP) is 1.66. The third-order valence-electron chi connectivity index (χ3n) is 1.22. The Morgan fingerprint density at radius 2 is 2.00 bits per heavy atom. The summed E-state index contributed by atoms with van der Waals surface area (Å²) in [6.45, 7) is 4.00. The van der Waals surface area contributed by atoms with Gasteiger partial charge in [-0.2, -0.15) is 0 Å². The minimum Gasteiger partial charge on any atom is -0.507 e. The fraction of sp³-hybridized carbons (Fsp3) is 0.222. The highest BCUT2D eigenvalue weighted by Gasteiger charge is 2.07.